The van der Waals surface area contributed by atoms with Gasteiger partial charge in [-0.05, 0) is 49.6 Å². The summed E-state index contributed by atoms with van der Waals surface area (Å²) < 4.78 is 5.31. The standard InChI is InChI=1S/C14H20N2O/c1-17-12-4-5-14-13(8-12)10(9-16-14)7-11-3-2-6-15-11/h4-5,8,10-11,15-16H,2-3,6-7,9H2,1H3/t10?,11-/m1/s1. The van der Waals surface area contributed by atoms with E-state index in [9.17, 15) is 0 Å². The van der Waals surface area contributed by atoms with Gasteiger partial charge >= 0.3 is 0 Å². The highest BCUT2D eigenvalue weighted by atomic mass is 16.5. The molecular weight excluding hydrogens is 212 g/mol. The van der Waals surface area contributed by atoms with Crippen LogP contribution in [0.2, 0.25) is 0 Å². The van der Waals surface area contributed by atoms with Crippen molar-refractivity contribution in [1.82, 2.24) is 5.32 Å². The Morgan fingerprint density at radius 3 is 3.12 bits per heavy atom. The fourth-order valence-corrected chi connectivity index (χ4v) is 3.02. The van der Waals surface area contributed by atoms with Crippen molar-refractivity contribution in [2.24, 2.45) is 0 Å². The van der Waals surface area contributed by atoms with Crippen molar-refractivity contribution in [3.05, 3.63) is 23.8 Å². The Balaban J connectivity index is 1.76. The number of anilines is 1. The van der Waals surface area contributed by atoms with Gasteiger partial charge in [-0.25, -0.2) is 0 Å². The molecule has 1 saturated heterocycles. The Morgan fingerprint density at radius 2 is 2.35 bits per heavy atom. The summed E-state index contributed by atoms with van der Waals surface area (Å²) in [7, 11) is 1.73. The molecule has 0 aliphatic carbocycles. The molecule has 0 amide bonds. The molecule has 1 fully saturated rings. The molecule has 0 aromatic heterocycles. The number of methoxy groups -OCH3 is 1. The molecule has 17 heavy (non-hydrogen) atoms. The van der Waals surface area contributed by atoms with E-state index in [1.165, 1.54) is 37.1 Å². The third kappa shape index (κ3) is 2.12. The summed E-state index contributed by atoms with van der Waals surface area (Å²) >= 11 is 0. The lowest BCUT2D eigenvalue weighted by atomic mass is 9.93. The number of hydrogen-bond donors (Lipinski definition) is 2. The predicted molar refractivity (Wildman–Crippen MR) is 69.9 cm³/mol. The zero-order valence-electron chi connectivity index (χ0n) is 10.3. The van der Waals surface area contributed by atoms with Gasteiger partial charge < -0.3 is 15.4 Å². The van der Waals surface area contributed by atoms with E-state index >= 15 is 0 Å². The zero-order valence-corrected chi connectivity index (χ0v) is 10.3. The number of fused-ring (bicyclic) bond motifs is 1. The van der Waals surface area contributed by atoms with E-state index in [4.69, 9.17) is 4.74 Å². The number of benzene rings is 1. The Morgan fingerprint density at radius 1 is 1.41 bits per heavy atom. The lowest BCUT2D eigenvalue weighted by Crippen LogP contribution is -2.24. The van der Waals surface area contributed by atoms with Crippen LogP contribution in [0.4, 0.5) is 5.69 Å². The molecule has 0 spiro atoms. The molecule has 2 N–H and O–H groups in total. The monoisotopic (exact) mass is 232 g/mol. The molecule has 2 atom stereocenters. The Bertz CT molecular complexity index is 399. The minimum atomic E-state index is 0.635. The molecule has 3 rings (SSSR count). The van der Waals surface area contributed by atoms with E-state index in [0.29, 0.717) is 12.0 Å². The molecule has 1 aromatic rings. The average molecular weight is 232 g/mol. The molecule has 0 saturated carbocycles. The third-order valence-electron chi connectivity index (χ3n) is 3.97. The van der Waals surface area contributed by atoms with Crippen molar-refractivity contribution in [1.29, 1.82) is 0 Å². The molecule has 3 nitrogen and oxygen atoms in total. The Kier molecular flexibility index (Phi) is 2.93. The van der Waals surface area contributed by atoms with Crippen LogP contribution in [0, 0.1) is 0 Å². The third-order valence-corrected chi connectivity index (χ3v) is 3.97. The van der Waals surface area contributed by atoms with Crippen molar-refractivity contribution in [2.75, 3.05) is 25.5 Å². The summed E-state index contributed by atoms with van der Waals surface area (Å²) in [5.41, 5.74) is 2.71. The van der Waals surface area contributed by atoms with E-state index in [0.717, 1.165) is 12.3 Å². The molecule has 0 bridgehead atoms. The van der Waals surface area contributed by atoms with Crippen molar-refractivity contribution >= 4 is 5.69 Å². The first-order valence-electron chi connectivity index (χ1n) is 6.52. The van der Waals surface area contributed by atoms with E-state index < -0.39 is 0 Å². The molecule has 1 unspecified atom stereocenters. The second-order valence-corrected chi connectivity index (χ2v) is 5.06. The average Bonchev–Trinajstić information content (AvgIpc) is 2.99. The van der Waals surface area contributed by atoms with Gasteiger partial charge in [-0.1, -0.05) is 0 Å². The summed E-state index contributed by atoms with van der Waals surface area (Å²) in [5, 5.41) is 7.08. The molecule has 0 radical (unpaired) electrons. The van der Waals surface area contributed by atoms with Gasteiger partial charge in [-0.15, -0.1) is 0 Å². The second kappa shape index (κ2) is 4.57. The Hall–Kier alpha value is -1.22. The lowest BCUT2D eigenvalue weighted by Gasteiger charge is -2.16. The molecule has 92 valence electrons. The first-order chi connectivity index (χ1) is 8.36. The van der Waals surface area contributed by atoms with Crippen LogP contribution in [0.25, 0.3) is 0 Å². The molecule has 2 aliphatic heterocycles. The molecule has 1 aromatic carbocycles. The van der Waals surface area contributed by atoms with Crippen molar-refractivity contribution in [3.63, 3.8) is 0 Å². The van der Waals surface area contributed by atoms with Gasteiger partial charge in [-0.3, -0.25) is 0 Å². The minimum absolute atomic E-state index is 0.635. The largest absolute Gasteiger partial charge is 0.497 e. The van der Waals surface area contributed by atoms with Crippen LogP contribution in [0.5, 0.6) is 5.75 Å². The summed E-state index contributed by atoms with van der Waals surface area (Å²) in [6, 6.07) is 7.06. The number of hydrogen-bond acceptors (Lipinski definition) is 3. The quantitative estimate of drug-likeness (QED) is 0.839. The van der Waals surface area contributed by atoms with Crippen LogP contribution >= 0.6 is 0 Å². The Labute approximate surface area is 103 Å². The van der Waals surface area contributed by atoms with E-state index in [2.05, 4.69) is 22.8 Å². The summed E-state index contributed by atoms with van der Waals surface area (Å²) in [6.45, 7) is 2.26. The van der Waals surface area contributed by atoms with Crippen molar-refractivity contribution in [3.8, 4) is 5.75 Å². The van der Waals surface area contributed by atoms with Crippen LogP contribution in [0.3, 0.4) is 0 Å². The number of rotatable bonds is 3. The summed E-state index contributed by atoms with van der Waals surface area (Å²) in [4.78, 5) is 0. The summed E-state index contributed by atoms with van der Waals surface area (Å²) in [5.74, 6) is 1.60. The van der Waals surface area contributed by atoms with Crippen molar-refractivity contribution < 1.29 is 4.74 Å². The van der Waals surface area contributed by atoms with E-state index in [1.807, 2.05) is 6.07 Å². The minimum Gasteiger partial charge on any atom is -0.497 e. The zero-order chi connectivity index (χ0) is 11.7. The first-order valence-corrected chi connectivity index (χ1v) is 6.52. The highest BCUT2D eigenvalue weighted by molar-refractivity contribution is 5.60. The van der Waals surface area contributed by atoms with Gasteiger partial charge in [0.05, 0.1) is 7.11 Å². The second-order valence-electron chi connectivity index (χ2n) is 5.06. The maximum absolute atomic E-state index is 5.31. The topological polar surface area (TPSA) is 33.3 Å². The van der Waals surface area contributed by atoms with Crippen LogP contribution < -0.4 is 15.4 Å². The molecule has 2 heterocycles. The van der Waals surface area contributed by atoms with Gasteiger partial charge in [0.25, 0.3) is 0 Å². The SMILES string of the molecule is COc1ccc2c(c1)C(C[C@H]1CCCN1)CN2. The fourth-order valence-electron chi connectivity index (χ4n) is 3.02. The van der Waals surface area contributed by atoms with Gasteiger partial charge in [0.1, 0.15) is 5.75 Å². The van der Waals surface area contributed by atoms with Gasteiger partial charge in [-0.2, -0.15) is 0 Å². The lowest BCUT2D eigenvalue weighted by molar-refractivity contribution is 0.413. The number of ether oxygens (including phenoxy) is 1. The highest BCUT2D eigenvalue weighted by Gasteiger charge is 2.26. The number of nitrogens with one attached hydrogen (secondary N) is 2. The molecular formula is C14H20N2O. The molecule has 2 aliphatic rings. The first kappa shape index (κ1) is 10.9. The maximum Gasteiger partial charge on any atom is 0.119 e. The van der Waals surface area contributed by atoms with Gasteiger partial charge in [0.2, 0.25) is 0 Å². The van der Waals surface area contributed by atoms with E-state index in [1.54, 1.807) is 7.11 Å². The van der Waals surface area contributed by atoms with E-state index in [-0.39, 0.29) is 0 Å². The van der Waals surface area contributed by atoms with Gasteiger partial charge in [0.15, 0.2) is 0 Å². The normalized spacial score (nSPS) is 26.6. The van der Waals surface area contributed by atoms with Crippen LogP contribution in [0.15, 0.2) is 18.2 Å². The summed E-state index contributed by atoms with van der Waals surface area (Å²) in [6.07, 6.45) is 3.90. The van der Waals surface area contributed by atoms with Crippen LogP contribution in [0.1, 0.15) is 30.7 Å². The van der Waals surface area contributed by atoms with Crippen LogP contribution in [-0.4, -0.2) is 26.2 Å². The smallest absolute Gasteiger partial charge is 0.119 e. The van der Waals surface area contributed by atoms with Gasteiger partial charge in [0, 0.05) is 24.2 Å². The fraction of sp³-hybridized carbons (Fsp3) is 0.571. The highest BCUT2D eigenvalue weighted by Crippen LogP contribution is 2.37. The molecule has 3 heteroatoms. The maximum atomic E-state index is 5.31. The van der Waals surface area contributed by atoms with Crippen LogP contribution in [-0.2, 0) is 0 Å². The van der Waals surface area contributed by atoms with Crippen molar-refractivity contribution in [2.45, 2.75) is 31.2 Å². The predicted octanol–water partition coefficient (Wildman–Crippen LogP) is 2.35.